The molecule has 0 unspecified atom stereocenters. The molecule has 0 aliphatic heterocycles. The van der Waals surface area contributed by atoms with Gasteiger partial charge in [-0.2, -0.15) is 0 Å². The van der Waals surface area contributed by atoms with Crippen LogP contribution in [0.5, 0.6) is 0 Å². The van der Waals surface area contributed by atoms with E-state index in [1.165, 1.54) is 6.07 Å². The molecule has 18 heavy (non-hydrogen) atoms. The minimum atomic E-state index is -0.412. The van der Waals surface area contributed by atoms with Crippen molar-refractivity contribution in [3.8, 4) is 0 Å². The molecule has 0 amide bonds. The Balaban J connectivity index is 2.33. The van der Waals surface area contributed by atoms with Crippen molar-refractivity contribution in [1.82, 2.24) is 4.57 Å². The smallest absolute Gasteiger partial charge is 0.275 e. The molecule has 1 heterocycles. The molecular weight excluding hydrogens is 300 g/mol. The quantitative estimate of drug-likeness (QED) is 0.495. The van der Waals surface area contributed by atoms with Gasteiger partial charge in [0.15, 0.2) is 6.29 Å². The van der Waals surface area contributed by atoms with Gasteiger partial charge in [-0.15, -0.1) is 0 Å². The first kappa shape index (κ1) is 12.5. The van der Waals surface area contributed by atoms with Crippen LogP contribution in [-0.2, 0) is 6.54 Å². The van der Waals surface area contributed by atoms with E-state index in [0.717, 1.165) is 6.29 Å². The number of carbonyl (C=O) groups excluding carboxylic acids is 1. The van der Waals surface area contributed by atoms with E-state index in [2.05, 4.69) is 15.9 Å². The number of hydrogen-bond acceptors (Lipinski definition) is 3. The number of nitro groups is 1. The maximum absolute atomic E-state index is 10.9. The first-order valence-electron chi connectivity index (χ1n) is 5.14. The van der Waals surface area contributed by atoms with Gasteiger partial charge in [-0.1, -0.05) is 15.9 Å². The van der Waals surface area contributed by atoms with Crippen LogP contribution in [0.2, 0.25) is 0 Å². The number of carbonyl (C=O) groups is 1. The highest BCUT2D eigenvalue weighted by Crippen LogP contribution is 2.24. The van der Waals surface area contributed by atoms with E-state index >= 15 is 0 Å². The lowest BCUT2D eigenvalue weighted by molar-refractivity contribution is -0.385. The molecule has 5 nitrogen and oxygen atoms in total. The first-order valence-corrected chi connectivity index (χ1v) is 5.93. The third-order valence-corrected chi connectivity index (χ3v) is 3.00. The Morgan fingerprint density at radius 1 is 1.39 bits per heavy atom. The van der Waals surface area contributed by atoms with E-state index in [1.54, 1.807) is 35.2 Å². The third-order valence-electron chi connectivity index (χ3n) is 2.51. The molecule has 0 saturated carbocycles. The molecule has 0 aliphatic carbocycles. The Bertz CT molecular complexity index is 607. The molecule has 0 radical (unpaired) electrons. The SMILES string of the molecule is O=Cc1ccn(Cc2ccc(Br)cc2[N+](=O)[O-])c1. The van der Waals surface area contributed by atoms with Gasteiger partial charge in [-0.3, -0.25) is 14.9 Å². The molecule has 1 aromatic carbocycles. The molecule has 92 valence electrons. The second-order valence-corrected chi connectivity index (χ2v) is 4.68. The molecular formula is C12H9BrN2O3. The standard InChI is InChI=1S/C12H9BrN2O3/c13-11-2-1-10(12(5-11)15(17)18)7-14-4-3-9(6-14)8-16/h1-6,8H,7H2. The lowest BCUT2D eigenvalue weighted by Crippen LogP contribution is -2.01. The van der Waals surface area contributed by atoms with E-state index in [9.17, 15) is 14.9 Å². The van der Waals surface area contributed by atoms with Crippen molar-refractivity contribution in [2.75, 3.05) is 0 Å². The third kappa shape index (κ3) is 2.65. The van der Waals surface area contributed by atoms with Crippen LogP contribution in [0.25, 0.3) is 0 Å². The Morgan fingerprint density at radius 2 is 2.17 bits per heavy atom. The summed E-state index contributed by atoms with van der Waals surface area (Å²) in [6.07, 6.45) is 4.11. The van der Waals surface area contributed by atoms with Crippen LogP contribution in [0.15, 0.2) is 41.1 Å². The van der Waals surface area contributed by atoms with Gasteiger partial charge in [0.1, 0.15) is 0 Å². The van der Waals surface area contributed by atoms with Crippen molar-refractivity contribution < 1.29 is 9.72 Å². The van der Waals surface area contributed by atoms with Gasteiger partial charge in [-0.05, 0) is 18.2 Å². The summed E-state index contributed by atoms with van der Waals surface area (Å²) in [4.78, 5) is 21.1. The fourth-order valence-electron chi connectivity index (χ4n) is 1.66. The van der Waals surface area contributed by atoms with Crippen molar-refractivity contribution in [1.29, 1.82) is 0 Å². The fraction of sp³-hybridized carbons (Fsp3) is 0.0833. The predicted molar refractivity (Wildman–Crippen MR) is 69.7 cm³/mol. The Morgan fingerprint density at radius 3 is 2.78 bits per heavy atom. The normalized spacial score (nSPS) is 10.3. The summed E-state index contributed by atoms with van der Waals surface area (Å²) >= 11 is 3.21. The molecule has 0 atom stereocenters. The average molecular weight is 309 g/mol. The molecule has 0 spiro atoms. The number of nitro benzene ring substituents is 1. The largest absolute Gasteiger partial charge is 0.349 e. The van der Waals surface area contributed by atoms with Crippen LogP contribution in [-0.4, -0.2) is 15.8 Å². The van der Waals surface area contributed by atoms with Crippen molar-refractivity contribution in [3.05, 3.63) is 62.4 Å². The van der Waals surface area contributed by atoms with Gasteiger partial charge in [0.2, 0.25) is 0 Å². The molecule has 0 saturated heterocycles. The fourth-order valence-corrected chi connectivity index (χ4v) is 2.01. The summed E-state index contributed by atoms with van der Waals surface area (Å²) in [5, 5.41) is 10.9. The minimum Gasteiger partial charge on any atom is -0.349 e. The molecule has 2 aromatic rings. The maximum atomic E-state index is 10.9. The molecule has 0 bridgehead atoms. The zero-order chi connectivity index (χ0) is 13.1. The van der Waals surface area contributed by atoms with Crippen LogP contribution in [0, 0.1) is 10.1 Å². The highest BCUT2D eigenvalue weighted by molar-refractivity contribution is 9.10. The molecule has 6 heteroatoms. The van der Waals surface area contributed by atoms with Crippen LogP contribution < -0.4 is 0 Å². The number of rotatable bonds is 4. The number of benzene rings is 1. The van der Waals surface area contributed by atoms with Gasteiger partial charge in [0.05, 0.1) is 11.5 Å². The second-order valence-electron chi connectivity index (χ2n) is 3.77. The summed E-state index contributed by atoms with van der Waals surface area (Å²) in [5.74, 6) is 0. The van der Waals surface area contributed by atoms with Crippen LogP contribution in [0.4, 0.5) is 5.69 Å². The summed E-state index contributed by atoms with van der Waals surface area (Å²) in [7, 11) is 0. The molecule has 0 fully saturated rings. The van der Waals surface area contributed by atoms with E-state index in [0.29, 0.717) is 22.1 Å². The summed E-state index contributed by atoms with van der Waals surface area (Å²) in [6, 6.07) is 6.59. The summed E-state index contributed by atoms with van der Waals surface area (Å²) in [5.41, 5.74) is 1.21. The van der Waals surface area contributed by atoms with E-state index in [1.807, 2.05) is 0 Å². The maximum Gasteiger partial charge on any atom is 0.275 e. The van der Waals surface area contributed by atoms with Gasteiger partial charge >= 0.3 is 0 Å². The van der Waals surface area contributed by atoms with Gasteiger partial charge < -0.3 is 4.57 Å². The number of aldehydes is 1. The molecule has 0 N–H and O–H groups in total. The zero-order valence-electron chi connectivity index (χ0n) is 9.25. The van der Waals surface area contributed by atoms with Gasteiger partial charge in [0, 0.05) is 34.1 Å². The summed E-state index contributed by atoms with van der Waals surface area (Å²) < 4.78 is 2.40. The first-order chi connectivity index (χ1) is 8.60. The highest BCUT2D eigenvalue weighted by atomic mass is 79.9. The monoisotopic (exact) mass is 308 g/mol. The number of hydrogen-bond donors (Lipinski definition) is 0. The lowest BCUT2D eigenvalue weighted by atomic mass is 10.2. The van der Waals surface area contributed by atoms with Crippen LogP contribution in [0.3, 0.4) is 0 Å². The van der Waals surface area contributed by atoms with Gasteiger partial charge in [-0.25, -0.2) is 0 Å². The topological polar surface area (TPSA) is 65.1 Å². The zero-order valence-corrected chi connectivity index (χ0v) is 10.8. The minimum absolute atomic E-state index is 0.0609. The van der Waals surface area contributed by atoms with E-state index in [-0.39, 0.29) is 5.69 Å². The van der Waals surface area contributed by atoms with E-state index < -0.39 is 4.92 Å². The molecule has 2 rings (SSSR count). The van der Waals surface area contributed by atoms with Crippen molar-refractivity contribution in [2.45, 2.75) is 6.54 Å². The van der Waals surface area contributed by atoms with Crippen LogP contribution >= 0.6 is 15.9 Å². The Kier molecular flexibility index (Phi) is 3.57. The molecule has 0 aliphatic rings. The average Bonchev–Trinajstić information content (AvgIpc) is 2.79. The molecule has 1 aromatic heterocycles. The van der Waals surface area contributed by atoms with Crippen molar-refractivity contribution in [2.24, 2.45) is 0 Å². The Labute approximate surface area is 111 Å². The number of aromatic nitrogens is 1. The van der Waals surface area contributed by atoms with E-state index in [4.69, 9.17) is 0 Å². The van der Waals surface area contributed by atoms with Gasteiger partial charge in [0.25, 0.3) is 5.69 Å². The predicted octanol–water partition coefficient (Wildman–Crippen LogP) is 3.02. The van der Waals surface area contributed by atoms with Crippen LogP contribution in [0.1, 0.15) is 15.9 Å². The summed E-state index contributed by atoms with van der Waals surface area (Å²) in [6.45, 7) is 0.359. The second kappa shape index (κ2) is 5.14. The number of halogens is 1. The Hall–Kier alpha value is -1.95. The lowest BCUT2D eigenvalue weighted by Gasteiger charge is -2.04. The highest BCUT2D eigenvalue weighted by Gasteiger charge is 2.14. The van der Waals surface area contributed by atoms with Crippen molar-refractivity contribution >= 4 is 27.9 Å². The van der Waals surface area contributed by atoms with Crippen molar-refractivity contribution in [3.63, 3.8) is 0 Å². The number of nitrogens with zero attached hydrogens (tertiary/aromatic N) is 2.